The van der Waals surface area contributed by atoms with Crippen molar-refractivity contribution in [3.05, 3.63) is 58.6 Å². The van der Waals surface area contributed by atoms with Crippen molar-refractivity contribution < 1.29 is 9.09 Å². The summed E-state index contributed by atoms with van der Waals surface area (Å²) in [5.41, 5.74) is 0. The van der Waals surface area contributed by atoms with Gasteiger partial charge in [-0.25, -0.2) is 0 Å². The molecule has 94 valence electrons. The third-order valence-corrected chi connectivity index (χ3v) is 4.84. The van der Waals surface area contributed by atoms with Gasteiger partial charge in [0.2, 0.25) is 0 Å². The second-order valence-electron chi connectivity index (χ2n) is 3.48. The smallest absolute Gasteiger partial charge is 0.366 e. The van der Waals surface area contributed by atoms with E-state index >= 15 is 0 Å². The highest BCUT2D eigenvalue weighted by Gasteiger charge is 2.25. The standard InChI is InChI=1S/C12H8Cl3O2P/c13-9-6-7-12(11(14)8-9)17-18(15,16)10-4-2-1-3-5-10/h1-8H. The van der Waals surface area contributed by atoms with Gasteiger partial charge in [0, 0.05) is 5.02 Å². The van der Waals surface area contributed by atoms with Gasteiger partial charge < -0.3 is 4.52 Å². The molecule has 2 rings (SSSR count). The van der Waals surface area contributed by atoms with Crippen LogP contribution in [-0.4, -0.2) is 0 Å². The molecule has 2 aromatic rings. The highest BCUT2D eigenvalue weighted by atomic mass is 35.7. The Morgan fingerprint density at radius 1 is 1.00 bits per heavy atom. The average Bonchev–Trinajstić information content (AvgIpc) is 2.34. The van der Waals surface area contributed by atoms with Crippen LogP contribution in [0.15, 0.2) is 48.5 Å². The molecule has 1 unspecified atom stereocenters. The third kappa shape index (κ3) is 3.21. The Balaban J connectivity index is 2.31. The van der Waals surface area contributed by atoms with E-state index in [1.54, 1.807) is 36.4 Å². The van der Waals surface area contributed by atoms with Crippen LogP contribution in [0.25, 0.3) is 0 Å². The average molecular weight is 322 g/mol. The van der Waals surface area contributed by atoms with Crippen LogP contribution in [0.3, 0.4) is 0 Å². The van der Waals surface area contributed by atoms with Gasteiger partial charge in [-0.2, -0.15) is 0 Å². The Bertz CT molecular complexity index is 602. The first-order chi connectivity index (χ1) is 8.49. The second kappa shape index (κ2) is 5.54. The van der Waals surface area contributed by atoms with E-state index in [1.807, 2.05) is 0 Å². The van der Waals surface area contributed by atoms with Gasteiger partial charge in [-0.3, -0.25) is 4.57 Å². The number of hydrogen-bond donors (Lipinski definition) is 0. The Morgan fingerprint density at radius 2 is 1.67 bits per heavy atom. The van der Waals surface area contributed by atoms with Gasteiger partial charge in [0.15, 0.2) is 0 Å². The molecule has 6 heteroatoms. The largest absolute Gasteiger partial charge is 0.428 e. The maximum Gasteiger partial charge on any atom is 0.366 e. The molecule has 0 aliphatic heterocycles. The first-order valence-electron chi connectivity index (χ1n) is 4.99. The summed E-state index contributed by atoms with van der Waals surface area (Å²) >= 11 is 17.6. The maximum absolute atomic E-state index is 12.3. The zero-order valence-corrected chi connectivity index (χ0v) is 12.2. The van der Waals surface area contributed by atoms with Crippen molar-refractivity contribution in [1.29, 1.82) is 0 Å². The molecule has 18 heavy (non-hydrogen) atoms. The molecule has 0 saturated heterocycles. The summed E-state index contributed by atoms with van der Waals surface area (Å²) in [4.78, 5) is 0. The number of hydrogen-bond acceptors (Lipinski definition) is 2. The molecule has 0 radical (unpaired) electrons. The molecule has 1 atom stereocenters. The molecule has 0 amide bonds. The van der Waals surface area contributed by atoms with Crippen LogP contribution in [0.5, 0.6) is 5.75 Å². The zero-order valence-electron chi connectivity index (χ0n) is 9.02. The molecule has 2 aromatic carbocycles. The molecule has 0 aliphatic carbocycles. The van der Waals surface area contributed by atoms with Gasteiger partial charge in [0.1, 0.15) is 5.75 Å². The Hall–Kier alpha value is -0.660. The van der Waals surface area contributed by atoms with Crippen LogP contribution in [0.2, 0.25) is 10.0 Å². The quantitative estimate of drug-likeness (QED) is 0.733. The summed E-state index contributed by atoms with van der Waals surface area (Å²) in [6, 6.07) is 13.2. The molecule has 0 bridgehead atoms. The van der Waals surface area contributed by atoms with Gasteiger partial charge in [-0.15, -0.1) is 0 Å². The summed E-state index contributed by atoms with van der Waals surface area (Å²) < 4.78 is 17.6. The Morgan fingerprint density at radius 3 is 2.28 bits per heavy atom. The van der Waals surface area contributed by atoms with E-state index < -0.39 is 6.72 Å². The summed E-state index contributed by atoms with van der Waals surface area (Å²) in [6.07, 6.45) is 0. The van der Waals surface area contributed by atoms with Crippen LogP contribution in [-0.2, 0) is 4.57 Å². The Kier molecular flexibility index (Phi) is 4.24. The predicted octanol–water partition coefficient (Wildman–Crippen LogP) is 5.13. The highest BCUT2D eigenvalue weighted by Crippen LogP contribution is 2.52. The van der Waals surface area contributed by atoms with Crippen LogP contribution < -0.4 is 9.83 Å². The van der Waals surface area contributed by atoms with E-state index in [9.17, 15) is 4.57 Å². The SMILES string of the molecule is O=P(Cl)(Oc1ccc(Cl)cc1Cl)c1ccccc1. The molecular formula is C12H8Cl3O2P. The first kappa shape index (κ1) is 13.8. The molecular weight excluding hydrogens is 313 g/mol. The molecule has 0 spiro atoms. The summed E-state index contributed by atoms with van der Waals surface area (Å²) in [5, 5.41) is 1.15. The second-order valence-corrected chi connectivity index (χ2v) is 7.32. The minimum absolute atomic E-state index is 0.239. The van der Waals surface area contributed by atoms with Crippen LogP contribution >= 0.6 is 41.2 Å². The van der Waals surface area contributed by atoms with Gasteiger partial charge in [-0.05, 0) is 41.6 Å². The van der Waals surface area contributed by atoms with Crippen molar-refractivity contribution in [2.24, 2.45) is 0 Å². The molecule has 0 aliphatic rings. The monoisotopic (exact) mass is 320 g/mol. The van der Waals surface area contributed by atoms with Crippen molar-refractivity contribution in [2.45, 2.75) is 0 Å². The molecule has 0 heterocycles. The zero-order chi connectivity index (χ0) is 13.2. The lowest BCUT2D eigenvalue weighted by molar-refractivity contribution is 0.508. The predicted molar refractivity (Wildman–Crippen MR) is 76.6 cm³/mol. The lowest BCUT2D eigenvalue weighted by Gasteiger charge is -2.14. The first-order valence-corrected chi connectivity index (χ1v) is 8.27. The minimum Gasteiger partial charge on any atom is -0.428 e. The summed E-state index contributed by atoms with van der Waals surface area (Å²) in [7, 11) is 0. The van der Waals surface area contributed by atoms with Crippen LogP contribution in [0, 0.1) is 0 Å². The number of rotatable bonds is 3. The van der Waals surface area contributed by atoms with Crippen molar-refractivity contribution in [3.63, 3.8) is 0 Å². The van der Waals surface area contributed by atoms with Crippen molar-refractivity contribution in [3.8, 4) is 5.75 Å². The normalized spacial score (nSPS) is 13.9. The molecule has 0 aromatic heterocycles. The van der Waals surface area contributed by atoms with E-state index in [-0.39, 0.29) is 10.8 Å². The third-order valence-electron chi connectivity index (χ3n) is 2.17. The fourth-order valence-electron chi connectivity index (χ4n) is 1.33. The van der Waals surface area contributed by atoms with Gasteiger partial charge in [0.25, 0.3) is 0 Å². The summed E-state index contributed by atoms with van der Waals surface area (Å²) in [5.74, 6) is 0.239. The fourth-order valence-corrected chi connectivity index (χ4v) is 3.44. The van der Waals surface area contributed by atoms with Crippen LogP contribution in [0.1, 0.15) is 0 Å². The summed E-state index contributed by atoms with van der Waals surface area (Å²) in [6.45, 7) is -3.46. The minimum atomic E-state index is -3.46. The fraction of sp³-hybridized carbons (Fsp3) is 0. The lowest BCUT2D eigenvalue weighted by Crippen LogP contribution is -2.04. The van der Waals surface area contributed by atoms with Crippen molar-refractivity contribution >= 4 is 46.5 Å². The lowest BCUT2D eigenvalue weighted by atomic mass is 10.3. The number of benzene rings is 2. The van der Waals surface area contributed by atoms with Crippen molar-refractivity contribution in [2.75, 3.05) is 0 Å². The van der Waals surface area contributed by atoms with Gasteiger partial charge in [0.05, 0.1) is 10.3 Å². The molecule has 0 saturated carbocycles. The van der Waals surface area contributed by atoms with E-state index in [0.29, 0.717) is 10.3 Å². The highest BCUT2D eigenvalue weighted by molar-refractivity contribution is 7.91. The van der Waals surface area contributed by atoms with Crippen molar-refractivity contribution in [1.82, 2.24) is 0 Å². The molecule has 2 nitrogen and oxygen atoms in total. The van der Waals surface area contributed by atoms with Crippen LogP contribution in [0.4, 0.5) is 0 Å². The molecule has 0 N–H and O–H groups in total. The van der Waals surface area contributed by atoms with E-state index in [2.05, 4.69) is 0 Å². The molecule has 0 fully saturated rings. The maximum atomic E-state index is 12.3. The van der Waals surface area contributed by atoms with Gasteiger partial charge >= 0.3 is 6.72 Å². The van der Waals surface area contributed by atoms with E-state index in [0.717, 1.165) is 0 Å². The Labute approximate surface area is 120 Å². The van der Waals surface area contributed by atoms with Gasteiger partial charge in [-0.1, -0.05) is 41.4 Å². The van der Waals surface area contributed by atoms with E-state index in [1.165, 1.54) is 12.1 Å². The topological polar surface area (TPSA) is 26.3 Å². The number of halogens is 3. The van der Waals surface area contributed by atoms with E-state index in [4.69, 9.17) is 39.0 Å².